The Morgan fingerprint density at radius 3 is 2.23 bits per heavy atom. The van der Waals surface area contributed by atoms with Crippen LogP contribution in [0, 0.1) is 3.57 Å². The first kappa shape index (κ1) is 22.6. The van der Waals surface area contributed by atoms with Gasteiger partial charge < -0.3 is 14.2 Å². The van der Waals surface area contributed by atoms with Gasteiger partial charge in [-0.25, -0.2) is 14.3 Å². The van der Waals surface area contributed by atoms with Crippen molar-refractivity contribution < 1.29 is 37.0 Å². The molecule has 0 atom stereocenters. The normalized spacial score (nSPS) is 11.2. The predicted molar refractivity (Wildman–Crippen MR) is 111 cm³/mol. The molecule has 0 aliphatic carbocycles. The van der Waals surface area contributed by atoms with Crippen molar-refractivity contribution >= 4 is 34.5 Å². The molecule has 162 valence electrons. The molecule has 1 aromatic heterocycles. The number of aromatic nitrogens is 2. The zero-order valence-corrected chi connectivity index (χ0v) is 18.2. The maximum atomic E-state index is 12.8. The van der Waals surface area contributed by atoms with E-state index < -0.39 is 24.1 Å². The predicted octanol–water partition coefficient (Wildman–Crippen LogP) is 4.62. The summed E-state index contributed by atoms with van der Waals surface area (Å²) in [5.74, 6) is -2.26. The van der Waals surface area contributed by atoms with E-state index in [1.54, 1.807) is 52.9 Å². The molecular weight excluding hydrogens is 532 g/mol. The van der Waals surface area contributed by atoms with E-state index in [9.17, 15) is 22.8 Å². The van der Waals surface area contributed by atoms with Crippen molar-refractivity contribution in [1.82, 2.24) is 9.78 Å². The number of esters is 2. The minimum absolute atomic E-state index is 0.0699. The first-order valence-corrected chi connectivity index (χ1v) is 9.65. The van der Waals surface area contributed by atoms with Crippen molar-refractivity contribution in [3.05, 3.63) is 63.4 Å². The van der Waals surface area contributed by atoms with Crippen LogP contribution in [-0.2, 0) is 9.47 Å². The third-order valence-electron chi connectivity index (χ3n) is 4.08. The van der Waals surface area contributed by atoms with E-state index in [1.807, 2.05) is 0 Å². The van der Waals surface area contributed by atoms with Crippen molar-refractivity contribution in [2.45, 2.75) is 6.36 Å². The Bertz CT molecular complexity index is 1130. The van der Waals surface area contributed by atoms with E-state index in [0.29, 0.717) is 5.69 Å². The van der Waals surface area contributed by atoms with Gasteiger partial charge in [0.25, 0.3) is 0 Å². The van der Waals surface area contributed by atoms with Crippen LogP contribution < -0.4 is 4.74 Å². The molecule has 0 saturated heterocycles. The number of benzene rings is 2. The SMILES string of the molecule is COC(=O)c1c(-c2ccc(I)c(OC(F)(F)F)c2)nn(-c2ccccc2)c1C(=O)OC. The molecule has 1 heterocycles. The van der Waals surface area contributed by atoms with E-state index in [1.165, 1.54) is 16.8 Å². The maximum Gasteiger partial charge on any atom is 0.573 e. The number of halogens is 4. The van der Waals surface area contributed by atoms with Crippen LogP contribution in [0.25, 0.3) is 16.9 Å². The van der Waals surface area contributed by atoms with Crippen LogP contribution in [0.3, 0.4) is 0 Å². The quantitative estimate of drug-likeness (QED) is 0.344. The topological polar surface area (TPSA) is 79.7 Å². The number of para-hydroxylation sites is 1. The second-order valence-corrected chi connectivity index (χ2v) is 7.16. The molecule has 0 radical (unpaired) electrons. The lowest BCUT2D eigenvalue weighted by atomic mass is 10.1. The molecule has 3 rings (SSSR count). The van der Waals surface area contributed by atoms with Gasteiger partial charge >= 0.3 is 18.3 Å². The van der Waals surface area contributed by atoms with E-state index in [2.05, 4.69) is 9.84 Å². The molecule has 31 heavy (non-hydrogen) atoms. The fraction of sp³-hybridized carbons (Fsp3) is 0.150. The highest BCUT2D eigenvalue weighted by molar-refractivity contribution is 14.1. The average Bonchev–Trinajstić information content (AvgIpc) is 3.14. The van der Waals surface area contributed by atoms with Gasteiger partial charge in [0.2, 0.25) is 0 Å². The second-order valence-electron chi connectivity index (χ2n) is 6.00. The minimum Gasteiger partial charge on any atom is -0.465 e. The third kappa shape index (κ3) is 4.81. The molecular formula is C20H14F3IN2O5. The van der Waals surface area contributed by atoms with Crippen LogP contribution in [0.1, 0.15) is 20.8 Å². The summed E-state index contributed by atoms with van der Waals surface area (Å²) in [5.41, 5.74) is -0.0132. The highest BCUT2D eigenvalue weighted by atomic mass is 127. The fourth-order valence-corrected chi connectivity index (χ4v) is 3.26. The van der Waals surface area contributed by atoms with Crippen molar-refractivity contribution in [1.29, 1.82) is 0 Å². The summed E-state index contributed by atoms with van der Waals surface area (Å²) >= 11 is 1.69. The van der Waals surface area contributed by atoms with Gasteiger partial charge in [-0.15, -0.1) is 13.2 Å². The zero-order chi connectivity index (χ0) is 22.8. The molecule has 0 N–H and O–H groups in total. The Morgan fingerprint density at radius 1 is 1.00 bits per heavy atom. The van der Waals surface area contributed by atoms with Gasteiger partial charge in [-0.1, -0.05) is 24.3 Å². The van der Waals surface area contributed by atoms with Crippen LogP contribution in [0.4, 0.5) is 13.2 Å². The smallest absolute Gasteiger partial charge is 0.465 e. The Morgan fingerprint density at radius 2 is 1.65 bits per heavy atom. The van der Waals surface area contributed by atoms with E-state index in [4.69, 9.17) is 9.47 Å². The molecule has 0 spiro atoms. The molecule has 0 fully saturated rings. The van der Waals surface area contributed by atoms with Gasteiger partial charge in [-0.2, -0.15) is 5.10 Å². The lowest BCUT2D eigenvalue weighted by molar-refractivity contribution is -0.274. The summed E-state index contributed by atoms with van der Waals surface area (Å²) in [6.45, 7) is 0. The highest BCUT2D eigenvalue weighted by Crippen LogP contribution is 2.35. The number of ether oxygens (including phenoxy) is 3. The van der Waals surface area contributed by atoms with Crippen molar-refractivity contribution in [2.75, 3.05) is 14.2 Å². The Kier molecular flexibility index (Phi) is 6.53. The number of carbonyl (C=O) groups is 2. The van der Waals surface area contributed by atoms with Gasteiger partial charge in [-0.3, -0.25) is 0 Å². The Labute approximate surface area is 187 Å². The Balaban J connectivity index is 2.30. The maximum absolute atomic E-state index is 12.8. The van der Waals surface area contributed by atoms with Gasteiger partial charge in [-0.05, 0) is 46.9 Å². The number of methoxy groups -OCH3 is 2. The number of rotatable bonds is 5. The van der Waals surface area contributed by atoms with Crippen LogP contribution in [0.15, 0.2) is 48.5 Å². The van der Waals surface area contributed by atoms with E-state index in [-0.39, 0.29) is 26.1 Å². The number of carbonyl (C=O) groups excluding carboxylic acids is 2. The zero-order valence-electron chi connectivity index (χ0n) is 16.1. The van der Waals surface area contributed by atoms with Crippen LogP contribution in [0.5, 0.6) is 5.75 Å². The summed E-state index contributed by atoms with van der Waals surface area (Å²) in [5, 5.41) is 4.33. The summed E-state index contributed by atoms with van der Waals surface area (Å²) in [6, 6.07) is 12.3. The molecule has 0 bridgehead atoms. The fourth-order valence-electron chi connectivity index (χ4n) is 2.81. The lowest BCUT2D eigenvalue weighted by Crippen LogP contribution is -2.18. The monoisotopic (exact) mass is 546 g/mol. The molecule has 0 unspecified atom stereocenters. The van der Waals surface area contributed by atoms with E-state index >= 15 is 0 Å². The third-order valence-corrected chi connectivity index (χ3v) is 4.98. The van der Waals surface area contributed by atoms with Crippen molar-refractivity contribution in [3.8, 4) is 22.7 Å². The molecule has 0 aliphatic heterocycles. The van der Waals surface area contributed by atoms with Crippen LogP contribution in [-0.4, -0.2) is 42.3 Å². The van der Waals surface area contributed by atoms with Crippen LogP contribution >= 0.6 is 22.6 Å². The first-order valence-electron chi connectivity index (χ1n) is 8.57. The largest absolute Gasteiger partial charge is 0.573 e. The van der Waals surface area contributed by atoms with Gasteiger partial charge in [0.1, 0.15) is 17.0 Å². The summed E-state index contributed by atoms with van der Waals surface area (Å²) in [4.78, 5) is 25.1. The molecule has 11 heteroatoms. The van der Waals surface area contributed by atoms with Gasteiger partial charge in [0.05, 0.1) is 23.5 Å². The Hall–Kier alpha value is -3.09. The molecule has 0 amide bonds. The number of nitrogens with zero attached hydrogens (tertiary/aromatic N) is 2. The summed E-state index contributed by atoms with van der Waals surface area (Å²) in [7, 11) is 2.24. The van der Waals surface area contributed by atoms with Crippen molar-refractivity contribution in [2.24, 2.45) is 0 Å². The first-order chi connectivity index (χ1) is 14.7. The summed E-state index contributed by atoms with van der Waals surface area (Å²) in [6.07, 6.45) is -4.91. The second kappa shape index (κ2) is 8.96. The minimum atomic E-state index is -4.91. The van der Waals surface area contributed by atoms with Crippen molar-refractivity contribution in [3.63, 3.8) is 0 Å². The van der Waals surface area contributed by atoms with Gasteiger partial charge in [0.15, 0.2) is 5.69 Å². The molecule has 2 aromatic carbocycles. The highest BCUT2D eigenvalue weighted by Gasteiger charge is 2.34. The lowest BCUT2D eigenvalue weighted by Gasteiger charge is -2.12. The standard InChI is InChI=1S/C20H14F3IN2O5/c1-29-18(27)15-16(11-8-9-13(24)14(10-11)31-20(21,22)23)25-26(17(15)19(28)30-2)12-6-4-3-5-7-12/h3-10H,1-2H3. The molecule has 0 aliphatic rings. The number of alkyl halides is 3. The van der Waals surface area contributed by atoms with E-state index in [0.717, 1.165) is 20.3 Å². The molecule has 3 aromatic rings. The average molecular weight is 546 g/mol. The van der Waals surface area contributed by atoms with Gasteiger partial charge in [0, 0.05) is 5.56 Å². The number of hydrogen-bond acceptors (Lipinski definition) is 6. The summed E-state index contributed by atoms with van der Waals surface area (Å²) < 4.78 is 53.4. The molecule has 7 nitrogen and oxygen atoms in total. The number of hydrogen-bond donors (Lipinski definition) is 0. The molecule has 0 saturated carbocycles. The van der Waals surface area contributed by atoms with Crippen LogP contribution in [0.2, 0.25) is 0 Å².